The van der Waals surface area contributed by atoms with Gasteiger partial charge < -0.3 is 36.0 Å². The van der Waals surface area contributed by atoms with E-state index in [0.29, 0.717) is 0 Å². The van der Waals surface area contributed by atoms with Gasteiger partial charge in [-0.3, -0.25) is 9.59 Å². The van der Waals surface area contributed by atoms with Crippen molar-refractivity contribution in [1.82, 2.24) is 5.32 Å². The maximum atomic E-state index is 10.9. The predicted octanol–water partition coefficient (Wildman–Crippen LogP) is -3.99. The molecule has 0 aromatic carbocycles. The highest BCUT2D eigenvalue weighted by Gasteiger charge is 2.30. The van der Waals surface area contributed by atoms with Crippen molar-refractivity contribution in [2.24, 2.45) is 0 Å². The van der Waals surface area contributed by atoms with Crippen LogP contribution in [0.4, 0.5) is 0 Å². The lowest BCUT2D eigenvalue weighted by molar-refractivity contribution is -0.141. The number of aliphatic carboxylic acids is 1. The number of hydrogen-bond acceptors (Lipinski definition) is 7. The molecule has 1 amide bonds. The van der Waals surface area contributed by atoms with E-state index in [-0.39, 0.29) is 0 Å². The molecule has 0 spiro atoms. The van der Waals surface area contributed by atoms with Crippen LogP contribution in [0.25, 0.3) is 0 Å². The lowest BCUT2D eigenvalue weighted by Crippen LogP contribution is -2.49. The SMILES string of the molecule is O=C(O)CC(=O)NC[C@H](O)[C@@H](O)[C@H](O)[C@H](O)CO. The molecule has 0 aromatic heterocycles. The average Bonchev–Trinajstić information content (AvgIpc) is 2.32. The molecule has 0 fully saturated rings. The van der Waals surface area contributed by atoms with Gasteiger partial charge in [0.1, 0.15) is 24.7 Å². The molecular weight excluding hydrogens is 250 g/mol. The Kier molecular flexibility index (Phi) is 7.39. The van der Waals surface area contributed by atoms with Gasteiger partial charge in [0.05, 0.1) is 12.7 Å². The summed E-state index contributed by atoms with van der Waals surface area (Å²) >= 11 is 0. The topological polar surface area (TPSA) is 168 Å². The monoisotopic (exact) mass is 267 g/mol. The van der Waals surface area contributed by atoms with Crippen molar-refractivity contribution in [2.75, 3.05) is 13.2 Å². The molecule has 106 valence electrons. The fourth-order valence-electron chi connectivity index (χ4n) is 1.10. The van der Waals surface area contributed by atoms with E-state index in [1.54, 1.807) is 0 Å². The van der Waals surface area contributed by atoms with Crippen LogP contribution in [-0.4, -0.2) is 80.1 Å². The van der Waals surface area contributed by atoms with Gasteiger partial charge in [0.2, 0.25) is 5.91 Å². The molecule has 9 nitrogen and oxygen atoms in total. The van der Waals surface area contributed by atoms with E-state index in [2.05, 4.69) is 0 Å². The number of carboxylic acids is 1. The van der Waals surface area contributed by atoms with E-state index in [9.17, 15) is 24.9 Å². The Balaban J connectivity index is 4.12. The van der Waals surface area contributed by atoms with Crippen LogP contribution in [0.1, 0.15) is 6.42 Å². The van der Waals surface area contributed by atoms with Crippen molar-refractivity contribution in [3.05, 3.63) is 0 Å². The van der Waals surface area contributed by atoms with Gasteiger partial charge in [0.25, 0.3) is 0 Å². The highest BCUT2D eigenvalue weighted by atomic mass is 16.4. The predicted molar refractivity (Wildman–Crippen MR) is 56.4 cm³/mol. The molecule has 0 unspecified atom stereocenters. The maximum absolute atomic E-state index is 10.9. The minimum atomic E-state index is -1.79. The third-order valence-corrected chi connectivity index (χ3v) is 2.15. The Morgan fingerprint density at radius 2 is 1.50 bits per heavy atom. The molecule has 0 saturated carbocycles. The molecule has 0 rings (SSSR count). The van der Waals surface area contributed by atoms with Crippen LogP contribution in [0.5, 0.6) is 0 Å². The zero-order valence-corrected chi connectivity index (χ0v) is 9.43. The standard InChI is InChI=1S/C9H17NO8/c11-3-5(13)9(18)8(17)4(12)2-10-6(14)1-7(15)16/h4-5,8-9,11-13,17-18H,1-3H2,(H,10,14)(H,15,16)/t4-,5+,8+,9+/m0/s1. The van der Waals surface area contributed by atoms with Crippen LogP contribution >= 0.6 is 0 Å². The Morgan fingerprint density at radius 3 is 1.94 bits per heavy atom. The fraction of sp³-hybridized carbons (Fsp3) is 0.778. The minimum absolute atomic E-state index is 0.498. The van der Waals surface area contributed by atoms with Crippen LogP contribution in [0.15, 0.2) is 0 Å². The zero-order valence-electron chi connectivity index (χ0n) is 9.43. The molecule has 0 radical (unpaired) electrons. The van der Waals surface area contributed by atoms with Gasteiger partial charge >= 0.3 is 5.97 Å². The quantitative estimate of drug-likeness (QED) is 0.218. The molecule has 0 saturated heterocycles. The first-order valence-electron chi connectivity index (χ1n) is 5.11. The highest BCUT2D eigenvalue weighted by molar-refractivity contribution is 5.93. The molecule has 0 bridgehead atoms. The summed E-state index contributed by atoms with van der Waals surface area (Å²) in [4.78, 5) is 21.1. The molecule has 0 aliphatic rings. The molecule has 0 aliphatic heterocycles. The number of carbonyl (C=O) groups excluding carboxylic acids is 1. The summed E-state index contributed by atoms with van der Waals surface area (Å²) in [6, 6.07) is 0. The number of carboxylic acid groups (broad SMARTS) is 1. The zero-order chi connectivity index (χ0) is 14.3. The van der Waals surface area contributed by atoms with Crippen molar-refractivity contribution < 1.29 is 40.2 Å². The summed E-state index contributed by atoms with van der Waals surface area (Å²) in [6.45, 7) is -1.31. The number of rotatable bonds is 8. The molecule has 0 aromatic rings. The summed E-state index contributed by atoms with van der Waals surface area (Å²) in [5.74, 6) is -2.22. The summed E-state index contributed by atoms with van der Waals surface area (Å²) < 4.78 is 0. The Labute approximate surface area is 102 Å². The first kappa shape index (κ1) is 16.7. The van der Waals surface area contributed by atoms with Crippen molar-refractivity contribution in [3.63, 3.8) is 0 Å². The first-order valence-corrected chi connectivity index (χ1v) is 5.11. The molecule has 18 heavy (non-hydrogen) atoms. The van der Waals surface area contributed by atoms with Crippen molar-refractivity contribution in [3.8, 4) is 0 Å². The number of nitrogens with one attached hydrogen (secondary N) is 1. The fourth-order valence-corrected chi connectivity index (χ4v) is 1.10. The van der Waals surface area contributed by atoms with E-state index in [4.69, 9.17) is 15.3 Å². The van der Waals surface area contributed by atoms with E-state index in [1.165, 1.54) is 0 Å². The average molecular weight is 267 g/mol. The third-order valence-electron chi connectivity index (χ3n) is 2.15. The van der Waals surface area contributed by atoms with Gasteiger partial charge in [-0.05, 0) is 0 Å². The molecule has 4 atom stereocenters. The van der Waals surface area contributed by atoms with Gasteiger partial charge in [0, 0.05) is 6.54 Å². The molecule has 9 heteroatoms. The van der Waals surface area contributed by atoms with Gasteiger partial charge in [0.15, 0.2) is 0 Å². The Bertz CT molecular complexity index is 284. The summed E-state index contributed by atoms with van der Waals surface area (Å²) in [7, 11) is 0. The largest absolute Gasteiger partial charge is 0.481 e. The van der Waals surface area contributed by atoms with Gasteiger partial charge in [-0.15, -0.1) is 0 Å². The second kappa shape index (κ2) is 7.95. The van der Waals surface area contributed by atoms with Crippen LogP contribution in [-0.2, 0) is 9.59 Å². The van der Waals surface area contributed by atoms with E-state index < -0.39 is 55.9 Å². The van der Waals surface area contributed by atoms with Crippen molar-refractivity contribution >= 4 is 11.9 Å². The van der Waals surface area contributed by atoms with Crippen LogP contribution in [0, 0.1) is 0 Å². The number of hydrogen-bond donors (Lipinski definition) is 7. The lowest BCUT2D eigenvalue weighted by atomic mass is 10.0. The second-order valence-electron chi connectivity index (χ2n) is 3.67. The number of aliphatic hydroxyl groups excluding tert-OH is 5. The van der Waals surface area contributed by atoms with Crippen LogP contribution < -0.4 is 5.32 Å². The maximum Gasteiger partial charge on any atom is 0.312 e. The highest BCUT2D eigenvalue weighted by Crippen LogP contribution is 2.04. The Morgan fingerprint density at radius 1 is 1.00 bits per heavy atom. The van der Waals surface area contributed by atoms with Crippen molar-refractivity contribution in [1.29, 1.82) is 0 Å². The summed E-state index contributed by atoms with van der Waals surface area (Å²) in [6.07, 6.45) is -7.62. The summed E-state index contributed by atoms with van der Waals surface area (Å²) in [5, 5.41) is 55.8. The first-order chi connectivity index (χ1) is 8.29. The third kappa shape index (κ3) is 5.89. The van der Waals surface area contributed by atoms with Gasteiger partial charge in [-0.2, -0.15) is 0 Å². The van der Waals surface area contributed by atoms with E-state index in [1.807, 2.05) is 5.32 Å². The van der Waals surface area contributed by atoms with Crippen LogP contribution in [0.2, 0.25) is 0 Å². The number of aliphatic hydroxyl groups is 5. The van der Waals surface area contributed by atoms with Crippen molar-refractivity contribution in [2.45, 2.75) is 30.8 Å². The summed E-state index contributed by atoms with van der Waals surface area (Å²) in [5.41, 5.74) is 0. The van der Waals surface area contributed by atoms with E-state index >= 15 is 0 Å². The van der Waals surface area contributed by atoms with E-state index in [0.717, 1.165) is 0 Å². The molecule has 0 heterocycles. The molecule has 7 N–H and O–H groups in total. The van der Waals surface area contributed by atoms with Gasteiger partial charge in [-0.25, -0.2) is 0 Å². The van der Waals surface area contributed by atoms with Gasteiger partial charge in [-0.1, -0.05) is 0 Å². The number of carbonyl (C=O) groups is 2. The number of amides is 1. The van der Waals surface area contributed by atoms with Crippen LogP contribution in [0.3, 0.4) is 0 Å². The second-order valence-corrected chi connectivity index (χ2v) is 3.67. The molecule has 0 aliphatic carbocycles. The molecular formula is C9H17NO8. The smallest absolute Gasteiger partial charge is 0.312 e. The minimum Gasteiger partial charge on any atom is -0.481 e. The normalized spacial score (nSPS) is 17.6. The lowest BCUT2D eigenvalue weighted by Gasteiger charge is -2.25. The Hall–Kier alpha value is -1.26.